The number of nitrogens with zero attached hydrogens (tertiary/aromatic N) is 2. The summed E-state index contributed by atoms with van der Waals surface area (Å²) in [5.41, 5.74) is 2.80. The molecule has 0 saturated carbocycles. The zero-order chi connectivity index (χ0) is 24.3. The average molecular weight is 466 g/mol. The van der Waals surface area contributed by atoms with E-state index >= 15 is 0 Å². The third kappa shape index (κ3) is 5.41. The molecule has 1 heterocycles. The topological polar surface area (TPSA) is 6.25 Å². The molecular formula is C27H27BF4N2. The van der Waals surface area contributed by atoms with Gasteiger partial charge in [0, 0.05) is 11.1 Å². The van der Waals surface area contributed by atoms with E-state index in [4.69, 9.17) is 0 Å². The molecule has 0 spiro atoms. The zero-order valence-corrected chi connectivity index (χ0v) is 19.2. The molecule has 2 atom stereocenters. The minimum Gasteiger partial charge on any atom is -0.418 e. The van der Waals surface area contributed by atoms with Gasteiger partial charge >= 0.3 is 7.25 Å². The minimum atomic E-state index is -6.00. The summed E-state index contributed by atoms with van der Waals surface area (Å²) in [6, 6.07) is 31.4. The van der Waals surface area contributed by atoms with Gasteiger partial charge in [0.2, 0.25) is 6.34 Å². The molecule has 0 saturated heterocycles. The fourth-order valence-corrected chi connectivity index (χ4v) is 4.71. The fraction of sp³-hybridized carbons (Fsp3) is 0.222. The van der Waals surface area contributed by atoms with Gasteiger partial charge in [0.25, 0.3) is 0 Å². The second kappa shape index (κ2) is 9.88. The van der Waals surface area contributed by atoms with Gasteiger partial charge in [-0.15, -0.1) is 0 Å². The Morgan fingerprint density at radius 2 is 1.18 bits per heavy atom. The van der Waals surface area contributed by atoms with E-state index in [0.29, 0.717) is 12.1 Å². The second-order valence-corrected chi connectivity index (χ2v) is 8.57. The van der Waals surface area contributed by atoms with Crippen LogP contribution >= 0.6 is 0 Å². The average Bonchev–Trinajstić information content (AvgIpc) is 3.32. The van der Waals surface area contributed by atoms with Crippen LogP contribution in [0.4, 0.5) is 17.3 Å². The molecule has 2 unspecified atom stereocenters. The Morgan fingerprint density at radius 3 is 1.76 bits per heavy atom. The van der Waals surface area contributed by atoms with E-state index in [0.717, 1.165) is 13.1 Å². The number of hydrogen-bond acceptors (Lipinski definition) is 1. The molecule has 34 heavy (non-hydrogen) atoms. The summed E-state index contributed by atoms with van der Waals surface area (Å²) in [6.45, 7) is 6.76. The summed E-state index contributed by atoms with van der Waals surface area (Å²) in [7, 11) is -6.00. The van der Waals surface area contributed by atoms with Crippen molar-refractivity contribution >= 4 is 35.1 Å². The van der Waals surface area contributed by atoms with E-state index in [-0.39, 0.29) is 0 Å². The standard InChI is InChI=1S/C27H27N2.BF4/c1-20(24-15-7-11-22-9-3-5-13-26(22)24)28-17-18-29(19-28)21(2)25-16-8-12-23-10-4-6-14-27(23)25;2-1(3,4)5/h3-16,19-21H,17-18H2,1-2H3;/q+1;-1. The first-order chi connectivity index (χ1) is 16.2. The lowest BCUT2D eigenvalue weighted by Gasteiger charge is -2.18. The van der Waals surface area contributed by atoms with Crippen LogP contribution in [-0.4, -0.2) is 36.2 Å². The first-order valence-electron chi connectivity index (χ1n) is 11.4. The summed E-state index contributed by atoms with van der Waals surface area (Å²) in [6.07, 6.45) is 2.35. The Morgan fingerprint density at radius 1 is 0.706 bits per heavy atom. The molecule has 5 rings (SSSR count). The normalized spacial score (nSPS) is 15.6. The summed E-state index contributed by atoms with van der Waals surface area (Å²) in [5.74, 6) is 0. The van der Waals surface area contributed by atoms with E-state index in [1.54, 1.807) is 0 Å². The van der Waals surface area contributed by atoms with Gasteiger partial charge in [-0.25, -0.2) is 0 Å². The van der Waals surface area contributed by atoms with Gasteiger partial charge in [-0.3, -0.25) is 9.48 Å². The van der Waals surface area contributed by atoms with Crippen molar-refractivity contribution in [2.75, 3.05) is 13.1 Å². The summed E-state index contributed by atoms with van der Waals surface area (Å²) in [5, 5.41) is 5.35. The van der Waals surface area contributed by atoms with Gasteiger partial charge in [-0.05, 0) is 35.4 Å². The maximum atomic E-state index is 9.75. The first-order valence-corrected chi connectivity index (χ1v) is 11.4. The number of rotatable bonds is 4. The predicted octanol–water partition coefficient (Wildman–Crippen LogP) is 7.47. The highest BCUT2D eigenvalue weighted by Gasteiger charge is 2.29. The zero-order valence-electron chi connectivity index (χ0n) is 19.2. The van der Waals surface area contributed by atoms with E-state index in [2.05, 4.69) is 115 Å². The van der Waals surface area contributed by atoms with Crippen molar-refractivity contribution in [3.8, 4) is 0 Å². The van der Waals surface area contributed by atoms with Gasteiger partial charge in [-0.2, -0.15) is 0 Å². The largest absolute Gasteiger partial charge is 0.673 e. The van der Waals surface area contributed by atoms with Crippen molar-refractivity contribution in [3.05, 3.63) is 96.1 Å². The van der Waals surface area contributed by atoms with Crippen molar-refractivity contribution in [1.29, 1.82) is 0 Å². The number of halogens is 4. The molecule has 0 aliphatic carbocycles. The SMILES string of the molecule is CC(c1cccc2ccccc12)N1C=[N+](C(C)c2cccc3ccccc23)CC1.F[B-](F)(F)F. The van der Waals surface area contributed by atoms with Gasteiger partial charge in [0.05, 0.1) is 0 Å². The molecule has 0 radical (unpaired) electrons. The van der Waals surface area contributed by atoms with Crippen LogP contribution in [0.5, 0.6) is 0 Å². The maximum Gasteiger partial charge on any atom is 0.673 e. The van der Waals surface area contributed by atoms with Crippen LogP contribution < -0.4 is 0 Å². The molecule has 4 aromatic carbocycles. The molecule has 7 heteroatoms. The van der Waals surface area contributed by atoms with Gasteiger partial charge < -0.3 is 17.3 Å². The predicted molar refractivity (Wildman–Crippen MR) is 133 cm³/mol. The third-order valence-electron chi connectivity index (χ3n) is 6.45. The Kier molecular flexibility index (Phi) is 6.91. The summed E-state index contributed by atoms with van der Waals surface area (Å²) in [4.78, 5) is 2.49. The number of benzene rings is 4. The van der Waals surface area contributed by atoms with Gasteiger partial charge in [-0.1, -0.05) is 84.9 Å². The van der Waals surface area contributed by atoms with Crippen LogP contribution in [0.1, 0.15) is 37.1 Å². The molecule has 1 aliphatic heterocycles. The first kappa shape index (κ1) is 23.8. The number of hydrogen-bond donors (Lipinski definition) is 0. The van der Waals surface area contributed by atoms with Crippen LogP contribution in [0.25, 0.3) is 21.5 Å². The molecule has 0 bridgehead atoms. The summed E-state index contributed by atoms with van der Waals surface area (Å²) >= 11 is 0. The van der Waals surface area contributed by atoms with Crippen molar-refractivity contribution in [2.24, 2.45) is 0 Å². The van der Waals surface area contributed by atoms with Gasteiger partial charge in [0.1, 0.15) is 25.2 Å². The molecule has 176 valence electrons. The highest BCUT2D eigenvalue weighted by molar-refractivity contribution is 6.50. The Balaban J connectivity index is 0.000000499. The molecule has 4 aromatic rings. The number of fused-ring (bicyclic) bond motifs is 2. The Labute approximate surface area is 197 Å². The lowest BCUT2D eigenvalue weighted by Crippen LogP contribution is -2.23. The van der Waals surface area contributed by atoms with Crippen LogP contribution in [0, 0.1) is 0 Å². The molecule has 0 aromatic heterocycles. The van der Waals surface area contributed by atoms with E-state index in [9.17, 15) is 17.3 Å². The monoisotopic (exact) mass is 466 g/mol. The second-order valence-electron chi connectivity index (χ2n) is 8.57. The molecule has 0 fully saturated rings. The third-order valence-corrected chi connectivity index (χ3v) is 6.45. The maximum absolute atomic E-state index is 9.75. The van der Waals surface area contributed by atoms with E-state index in [1.165, 1.54) is 32.7 Å². The Hall–Kier alpha value is -3.35. The molecule has 0 amide bonds. The van der Waals surface area contributed by atoms with Gasteiger partial charge in [0.15, 0.2) is 0 Å². The molecule has 0 N–H and O–H groups in total. The van der Waals surface area contributed by atoms with Crippen LogP contribution in [0.3, 0.4) is 0 Å². The van der Waals surface area contributed by atoms with Crippen LogP contribution in [-0.2, 0) is 0 Å². The highest BCUT2D eigenvalue weighted by atomic mass is 19.5. The molecule has 2 nitrogen and oxygen atoms in total. The van der Waals surface area contributed by atoms with Crippen molar-refractivity contribution in [2.45, 2.75) is 25.9 Å². The minimum absolute atomic E-state index is 0.353. The quantitative estimate of drug-likeness (QED) is 0.172. The van der Waals surface area contributed by atoms with Crippen LogP contribution in [0.15, 0.2) is 84.9 Å². The lowest BCUT2D eigenvalue weighted by molar-refractivity contribution is -0.555. The van der Waals surface area contributed by atoms with E-state index < -0.39 is 7.25 Å². The molecular weight excluding hydrogens is 439 g/mol. The highest BCUT2D eigenvalue weighted by Crippen LogP contribution is 2.31. The summed E-state index contributed by atoms with van der Waals surface area (Å²) < 4.78 is 41.5. The fourth-order valence-electron chi connectivity index (χ4n) is 4.71. The lowest BCUT2D eigenvalue weighted by atomic mass is 9.99. The van der Waals surface area contributed by atoms with Crippen molar-refractivity contribution < 1.29 is 21.8 Å². The Bertz CT molecular complexity index is 1300. The van der Waals surface area contributed by atoms with E-state index in [1.807, 2.05) is 0 Å². The van der Waals surface area contributed by atoms with Crippen molar-refractivity contribution in [3.63, 3.8) is 0 Å². The van der Waals surface area contributed by atoms with Crippen LogP contribution in [0.2, 0.25) is 0 Å². The molecule has 1 aliphatic rings. The smallest absolute Gasteiger partial charge is 0.418 e. The van der Waals surface area contributed by atoms with Crippen molar-refractivity contribution in [1.82, 2.24) is 4.90 Å².